The highest BCUT2D eigenvalue weighted by molar-refractivity contribution is 8.04. The zero-order valence-corrected chi connectivity index (χ0v) is 15.6. The summed E-state index contributed by atoms with van der Waals surface area (Å²) >= 11 is 0. The SMILES string of the molecule is CCCC=CCCCCCCN(S(=O)(=O)C(F)(F)F)S(=O)(=O)C(F)(F)F. The largest absolute Gasteiger partial charge is 0.512 e. The van der Waals surface area contributed by atoms with E-state index in [-0.39, 0.29) is 6.42 Å². The average Bonchev–Trinajstić information content (AvgIpc) is 2.46. The summed E-state index contributed by atoms with van der Waals surface area (Å²) in [4.78, 5) is 0. The van der Waals surface area contributed by atoms with E-state index in [0.717, 1.165) is 12.8 Å². The molecule has 0 saturated carbocycles. The molecule has 0 rings (SSSR count). The maximum Gasteiger partial charge on any atom is 0.512 e. The Morgan fingerprint density at radius 1 is 0.731 bits per heavy atom. The third-order valence-corrected chi connectivity index (χ3v) is 6.99. The lowest BCUT2D eigenvalue weighted by atomic mass is 10.1. The smallest absolute Gasteiger partial charge is 0.202 e. The van der Waals surface area contributed by atoms with E-state index in [0.29, 0.717) is 19.3 Å². The summed E-state index contributed by atoms with van der Waals surface area (Å²) in [6, 6.07) is 0. The Morgan fingerprint density at radius 2 is 1.15 bits per heavy atom. The van der Waals surface area contributed by atoms with Crippen LogP contribution in [-0.4, -0.2) is 38.1 Å². The lowest BCUT2D eigenvalue weighted by Gasteiger charge is -2.23. The van der Waals surface area contributed by atoms with Gasteiger partial charge in [-0.25, -0.2) is 16.8 Å². The van der Waals surface area contributed by atoms with Gasteiger partial charge in [-0.15, -0.1) is 0 Å². The van der Waals surface area contributed by atoms with Gasteiger partial charge in [-0.05, 0) is 25.7 Å². The summed E-state index contributed by atoms with van der Waals surface area (Å²) in [6.07, 6.45) is 6.97. The molecule has 0 amide bonds. The molecule has 0 aromatic heterocycles. The van der Waals surface area contributed by atoms with Crippen molar-refractivity contribution in [2.75, 3.05) is 6.54 Å². The van der Waals surface area contributed by atoms with Gasteiger partial charge >= 0.3 is 31.1 Å². The maximum atomic E-state index is 12.5. The van der Waals surface area contributed by atoms with Gasteiger partial charge in [0.15, 0.2) is 0 Å². The minimum atomic E-state index is -6.67. The number of unbranched alkanes of at least 4 members (excludes halogenated alkanes) is 5. The lowest BCUT2D eigenvalue weighted by Crippen LogP contribution is -2.49. The molecule has 0 unspecified atom stereocenters. The van der Waals surface area contributed by atoms with Gasteiger partial charge in [-0.3, -0.25) is 0 Å². The molecule has 0 aromatic rings. The predicted molar refractivity (Wildman–Crippen MR) is 83.8 cm³/mol. The van der Waals surface area contributed by atoms with Gasteiger partial charge in [0.2, 0.25) is 0 Å². The van der Waals surface area contributed by atoms with E-state index in [1.54, 1.807) is 0 Å². The first-order valence-electron chi connectivity index (χ1n) is 7.75. The van der Waals surface area contributed by atoms with Gasteiger partial charge in [0.1, 0.15) is 0 Å². The number of allylic oxidation sites excluding steroid dienone is 2. The number of rotatable bonds is 11. The minimum absolute atomic E-state index is 0.0822. The zero-order chi connectivity index (χ0) is 20.6. The molecular weight excluding hydrogens is 412 g/mol. The van der Waals surface area contributed by atoms with Crippen LogP contribution in [0.3, 0.4) is 0 Å². The van der Waals surface area contributed by atoms with Crippen molar-refractivity contribution in [2.45, 2.75) is 62.9 Å². The summed E-state index contributed by atoms with van der Waals surface area (Å²) in [5.41, 5.74) is -12.3. The van der Waals surface area contributed by atoms with E-state index in [1.807, 2.05) is 19.1 Å². The van der Waals surface area contributed by atoms with Crippen LogP contribution in [0.25, 0.3) is 0 Å². The lowest BCUT2D eigenvalue weighted by molar-refractivity contribution is -0.0531. The Kier molecular flexibility index (Phi) is 9.61. The van der Waals surface area contributed by atoms with Gasteiger partial charge in [0, 0.05) is 6.54 Å². The summed E-state index contributed by atoms with van der Waals surface area (Å²) in [7, 11) is -13.3. The standard InChI is InChI=1S/C13H21F6NO4S2/c1-2-3-4-5-6-7-8-9-10-11-20(25(21,22)12(14,15)16)26(23,24)13(17,18)19/h4-5H,2-3,6-11H2,1H3. The number of halogens is 6. The maximum absolute atomic E-state index is 12.5. The molecule has 0 aliphatic rings. The second kappa shape index (κ2) is 9.93. The quantitative estimate of drug-likeness (QED) is 0.277. The number of nitrogens with zero attached hydrogens (tertiary/aromatic N) is 1. The first kappa shape index (κ1) is 25.2. The van der Waals surface area contributed by atoms with E-state index < -0.39 is 47.7 Å². The molecule has 0 bridgehead atoms. The Balaban J connectivity index is 4.94. The fourth-order valence-electron chi connectivity index (χ4n) is 1.86. The molecule has 13 heteroatoms. The van der Waals surface area contributed by atoms with Gasteiger partial charge in [-0.1, -0.05) is 42.0 Å². The molecule has 0 aliphatic heterocycles. The van der Waals surface area contributed by atoms with Crippen molar-refractivity contribution in [1.82, 2.24) is 3.71 Å². The number of sulfonamides is 2. The summed E-state index contributed by atoms with van der Waals surface area (Å²) in [6.45, 7) is 0.565. The Bertz CT molecular complexity index is 609. The summed E-state index contributed by atoms with van der Waals surface area (Å²) in [5, 5.41) is 0. The first-order chi connectivity index (χ1) is 11.7. The molecule has 0 fully saturated rings. The van der Waals surface area contributed by atoms with Crippen LogP contribution in [0.1, 0.15) is 51.9 Å². The topological polar surface area (TPSA) is 71.5 Å². The molecule has 0 spiro atoms. The van der Waals surface area contributed by atoms with E-state index in [4.69, 9.17) is 0 Å². The monoisotopic (exact) mass is 433 g/mol. The number of hydrogen-bond donors (Lipinski definition) is 0. The first-order valence-corrected chi connectivity index (χ1v) is 10.6. The second-order valence-corrected chi connectivity index (χ2v) is 9.30. The summed E-state index contributed by atoms with van der Waals surface area (Å²) in [5.74, 6) is 0. The fourth-order valence-corrected chi connectivity index (χ4v) is 4.60. The molecule has 0 atom stereocenters. The van der Waals surface area contributed by atoms with Gasteiger partial charge in [0.25, 0.3) is 0 Å². The van der Waals surface area contributed by atoms with Crippen LogP contribution in [0.5, 0.6) is 0 Å². The normalized spacial score (nSPS) is 14.5. The Hall–Kier alpha value is -0.820. The second-order valence-electron chi connectivity index (χ2n) is 5.36. The highest BCUT2D eigenvalue weighted by atomic mass is 32.3. The molecule has 156 valence electrons. The highest BCUT2D eigenvalue weighted by Gasteiger charge is 2.61. The van der Waals surface area contributed by atoms with Gasteiger partial charge in [0.05, 0.1) is 0 Å². The highest BCUT2D eigenvalue weighted by Crippen LogP contribution is 2.35. The molecule has 0 aromatic carbocycles. The third kappa shape index (κ3) is 7.06. The van der Waals surface area contributed by atoms with Crippen LogP contribution in [0, 0.1) is 0 Å². The van der Waals surface area contributed by atoms with Crippen LogP contribution in [0.4, 0.5) is 26.3 Å². The van der Waals surface area contributed by atoms with Crippen molar-refractivity contribution < 1.29 is 43.2 Å². The molecule has 0 saturated heterocycles. The van der Waals surface area contributed by atoms with Crippen LogP contribution >= 0.6 is 0 Å². The van der Waals surface area contributed by atoms with E-state index >= 15 is 0 Å². The van der Waals surface area contributed by atoms with Crippen molar-refractivity contribution >= 4 is 20.0 Å². The van der Waals surface area contributed by atoms with Crippen LogP contribution < -0.4 is 0 Å². The number of alkyl halides is 6. The molecule has 5 nitrogen and oxygen atoms in total. The zero-order valence-electron chi connectivity index (χ0n) is 14.0. The van der Waals surface area contributed by atoms with Gasteiger partial charge < -0.3 is 0 Å². The van der Waals surface area contributed by atoms with E-state index in [2.05, 4.69) is 0 Å². The average molecular weight is 433 g/mol. The molecule has 26 heavy (non-hydrogen) atoms. The van der Waals surface area contributed by atoms with Crippen molar-refractivity contribution in [3.8, 4) is 0 Å². The number of hydrogen-bond acceptors (Lipinski definition) is 4. The minimum Gasteiger partial charge on any atom is -0.202 e. The van der Waals surface area contributed by atoms with Gasteiger partial charge in [-0.2, -0.15) is 26.3 Å². The van der Waals surface area contributed by atoms with Crippen LogP contribution in [0.2, 0.25) is 0 Å². The molecular formula is C13H21F6NO4S2. The molecule has 0 N–H and O–H groups in total. The van der Waals surface area contributed by atoms with Crippen LogP contribution in [-0.2, 0) is 20.0 Å². The van der Waals surface area contributed by atoms with Crippen molar-refractivity contribution in [3.63, 3.8) is 0 Å². The van der Waals surface area contributed by atoms with Crippen LogP contribution in [0.15, 0.2) is 12.2 Å². The summed E-state index contributed by atoms with van der Waals surface area (Å²) < 4.78 is 118. The molecule has 0 heterocycles. The molecule has 0 aliphatic carbocycles. The van der Waals surface area contributed by atoms with E-state index in [1.165, 1.54) is 0 Å². The van der Waals surface area contributed by atoms with E-state index in [9.17, 15) is 43.2 Å². The predicted octanol–water partition coefficient (Wildman–Crippen LogP) is 4.29. The molecule has 0 radical (unpaired) electrons. The fraction of sp³-hybridized carbons (Fsp3) is 0.846. The Morgan fingerprint density at radius 3 is 1.58 bits per heavy atom. The third-order valence-electron chi connectivity index (χ3n) is 3.20. The van der Waals surface area contributed by atoms with Crippen molar-refractivity contribution in [2.24, 2.45) is 0 Å². The van der Waals surface area contributed by atoms with Crippen molar-refractivity contribution in [3.05, 3.63) is 12.2 Å². The Labute approximate surface area is 149 Å². The van der Waals surface area contributed by atoms with Crippen molar-refractivity contribution in [1.29, 1.82) is 0 Å².